The fraction of sp³-hybridized carbons (Fsp3) is 0.600. The molecule has 0 aromatic heterocycles. The molecule has 3 nitrogen and oxygen atoms in total. The van der Waals surface area contributed by atoms with Crippen molar-refractivity contribution in [1.82, 2.24) is 10.2 Å². The molecule has 0 aliphatic heterocycles. The average Bonchev–Trinajstić information content (AvgIpc) is 2.20. The van der Waals surface area contributed by atoms with Gasteiger partial charge in [0.1, 0.15) is 0 Å². The maximum absolute atomic E-state index is 9.78. The Morgan fingerprint density at radius 2 is 1.72 bits per heavy atom. The van der Waals surface area contributed by atoms with E-state index >= 15 is 0 Å². The molecule has 1 aromatic carbocycles. The van der Waals surface area contributed by atoms with Crippen molar-refractivity contribution >= 4 is 0 Å². The van der Waals surface area contributed by atoms with Crippen LogP contribution in [-0.4, -0.2) is 43.3 Å². The van der Waals surface area contributed by atoms with E-state index in [2.05, 4.69) is 38.2 Å². The van der Waals surface area contributed by atoms with Crippen LogP contribution in [0.3, 0.4) is 0 Å². The summed E-state index contributed by atoms with van der Waals surface area (Å²) < 4.78 is 0. The minimum absolute atomic E-state index is 0.314. The van der Waals surface area contributed by atoms with Crippen LogP contribution in [0.5, 0.6) is 0 Å². The maximum atomic E-state index is 9.78. The number of nitrogens with zero attached hydrogens (tertiary/aromatic N) is 1. The van der Waals surface area contributed by atoms with Gasteiger partial charge in [0, 0.05) is 19.6 Å². The molecule has 18 heavy (non-hydrogen) atoms. The number of hydrogen-bond donors (Lipinski definition) is 2. The Labute approximate surface area is 111 Å². The van der Waals surface area contributed by atoms with Gasteiger partial charge in [-0.1, -0.05) is 17.7 Å². The Kier molecular flexibility index (Phi) is 5.79. The number of benzene rings is 1. The lowest BCUT2D eigenvalue weighted by Gasteiger charge is -2.17. The molecule has 2 N–H and O–H groups in total. The Morgan fingerprint density at radius 1 is 1.17 bits per heavy atom. The molecule has 0 heterocycles. The second kappa shape index (κ2) is 6.88. The molecule has 1 unspecified atom stereocenters. The largest absolute Gasteiger partial charge is 0.390 e. The molecule has 0 spiro atoms. The highest BCUT2D eigenvalue weighted by molar-refractivity contribution is 5.37. The number of aliphatic hydroxyl groups is 1. The molecule has 1 atom stereocenters. The van der Waals surface area contributed by atoms with Gasteiger partial charge >= 0.3 is 0 Å². The fourth-order valence-electron chi connectivity index (χ4n) is 2.34. The fourth-order valence-corrected chi connectivity index (χ4v) is 2.34. The van der Waals surface area contributed by atoms with Crippen molar-refractivity contribution in [1.29, 1.82) is 0 Å². The predicted octanol–water partition coefficient (Wildman–Crippen LogP) is 1.62. The Balaban J connectivity index is 2.49. The summed E-state index contributed by atoms with van der Waals surface area (Å²) in [5.74, 6) is 0. The number of rotatable bonds is 6. The van der Waals surface area contributed by atoms with Crippen molar-refractivity contribution in [2.45, 2.75) is 33.4 Å². The molecule has 1 rings (SSSR count). The van der Waals surface area contributed by atoms with Crippen LogP contribution in [-0.2, 0) is 6.54 Å². The van der Waals surface area contributed by atoms with Gasteiger partial charge < -0.3 is 15.3 Å². The van der Waals surface area contributed by atoms with Crippen LogP contribution in [0.1, 0.15) is 22.3 Å². The van der Waals surface area contributed by atoms with Gasteiger partial charge in [0.15, 0.2) is 0 Å². The Morgan fingerprint density at radius 3 is 2.22 bits per heavy atom. The molecule has 0 bridgehead atoms. The lowest BCUT2D eigenvalue weighted by molar-refractivity contribution is 0.134. The topological polar surface area (TPSA) is 35.5 Å². The van der Waals surface area contributed by atoms with Gasteiger partial charge in [-0.3, -0.25) is 0 Å². The normalized spacial score (nSPS) is 13.1. The van der Waals surface area contributed by atoms with Crippen LogP contribution >= 0.6 is 0 Å². The molecular weight excluding hydrogens is 224 g/mol. The van der Waals surface area contributed by atoms with Crippen molar-refractivity contribution in [3.05, 3.63) is 34.4 Å². The molecular formula is C15H26N2O. The summed E-state index contributed by atoms with van der Waals surface area (Å²) >= 11 is 0. The number of aryl methyl sites for hydroxylation is 3. The van der Waals surface area contributed by atoms with E-state index in [0.29, 0.717) is 13.1 Å². The lowest BCUT2D eigenvalue weighted by atomic mass is 10.00. The summed E-state index contributed by atoms with van der Waals surface area (Å²) in [5.41, 5.74) is 5.29. The highest BCUT2D eigenvalue weighted by atomic mass is 16.3. The van der Waals surface area contributed by atoms with Gasteiger partial charge in [-0.25, -0.2) is 0 Å². The number of hydrogen-bond acceptors (Lipinski definition) is 3. The van der Waals surface area contributed by atoms with E-state index < -0.39 is 0 Å². The van der Waals surface area contributed by atoms with E-state index in [1.54, 1.807) is 0 Å². The van der Waals surface area contributed by atoms with E-state index in [0.717, 1.165) is 6.54 Å². The van der Waals surface area contributed by atoms with Gasteiger partial charge in [-0.2, -0.15) is 0 Å². The van der Waals surface area contributed by atoms with Crippen LogP contribution in [0.2, 0.25) is 0 Å². The zero-order valence-corrected chi connectivity index (χ0v) is 12.2. The van der Waals surface area contributed by atoms with Crippen LogP contribution < -0.4 is 5.32 Å². The van der Waals surface area contributed by atoms with Crippen LogP contribution in [0.4, 0.5) is 0 Å². The number of aliphatic hydroxyl groups excluding tert-OH is 1. The van der Waals surface area contributed by atoms with Crippen molar-refractivity contribution in [2.75, 3.05) is 27.2 Å². The van der Waals surface area contributed by atoms with E-state index in [9.17, 15) is 5.11 Å². The summed E-state index contributed by atoms with van der Waals surface area (Å²) in [6.07, 6.45) is -0.314. The van der Waals surface area contributed by atoms with Gasteiger partial charge in [0.2, 0.25) is 0 Å². The zero-order chi connectivity index (χ0) is 13.7. The van der Waals surface area contributed by atoms with E-state index in [1.807, 2.05) is 19.0 Å². The SMILES string of the molecule is Cc1cc(C)c(CNCC(O)CN(C)C)c(C)c1. The summed E-state index contributed by atoms with van der Waals surface area (Å²) in [6, 6.07) is 4.42. The summed E-state index contributed by atoms with van der Waals surface area (Å²) in [6.45, 7) is 8.56. The summed E-state index contributed by atoms with van der Waals surface area (Å²) in [5, 5.41) is 13.1. The van der Waals surface area contributed by atoms with Crippen LogP contribution in [0.15, 0.2) is 12.1 Å². The van der Waals surface area contributed by atoms with Crippen molar-refractivity contribution < 1.29 is 5.11 Å². The monoisotopic (exact) mass is 250 g/mol. The predicted molar refractivity (Wildman–Crippen MR) is 76.9 cm³/mol. The van der Waals surface area contributed by atoms with E-state index in [1.165, 1.54) is 22.3 Å². The van der Waals surface area contributed by atoms with Gasteiger partial charge in [-0.15, -0.1) is 0 Å². The Hall–Kier alpha value is -0.900. The highest BCUT2D eigenvalue weighted by Gasteiger charge is 2.07. The number of likely N-dealkylation sites (N-methyl/N-ethyl adjacent to an activating group) is 1. The molecule has 0 aliphatic rings. The average molecular weight is 250 g/mol. The molecule has 1 aromatic rings. The summed E-state index contributed by atoms with van der Waals surface area (Å²) in [7, 11) is 3.94. The molecule has 3 heteroatoms. The first kappa shape index (κ1) is 15.2. The molecule has 0 saturated carbocycles. The van der Waals surface area contributed by atoms with Gasteiger partial charge in [-0.05, 0) is 51.6 Å². The van der Waals surface area contributed by atoms with Gasteiger partial charge in [0.25, 0.3) is 0 Å². The number of nitrogens with one attached hydrogen (secondary N) is 1. The molecule has 0 saturated heterocycles. The molecule has 0 aliphatic carbocycles. The zero-order valence-electron chi connectivity index (χ0n) is 12.2. The minimum Gasteiger partial charge on any atom is -0.390 e. The lowest BCUT2D eigenvalue weighted by Crippen LogP contribution is -2.34. The van der Waals surface area contributed by atoms with Crippen LogP contribution in [0, 0.1) is 20.8 Å². The molecule has 0 amide bonds. The third-order valence-electron chi connectivity index (χ3n) is 3.10. The quantitative estimate of drug-likeness (QED) is 0.805. The third kappa shape index (κ3) is 4.77. The smallest absolute Gasteiger partial charge is 0.0791 e. The van der Waals surface area contributed by atoms with Crippen molar-refractivity contribution in [3.8, 4) is 0 Å². The third-order valence-corrected chi connectivity index (χ3v) is 3.10. The maximum Gasteiger partial charge on any atom is 0.0791 e. The minimum atomic E-state index is -0.314. The van der Waals surface area contributed by atoms with Crippen LogP contribution in [0.25, 0.3) is 0 Å². The first-order valence-corrected chi connectivity index (χ1v) is 6.50. The summed E-state index contributed by atoms with van der Waals surface area (Å²) in [4.78, 5) is 1.99. The van der Waals surface area contributed by atoms with Crippen molar-refractivity contribution in [3.63, 3.8) is 0 Å². The second-order valence-corrected chi connectivity index (χ2v) is 5.42. The first-order valence-electron chi connectivity index (χ1n) is 6.50. The molecule has 0 radical (unpaired) electrons. The van der Waals surface area contributed by atoms with Gasteiger partial charge in [0.05, 0.1) is 6.10 Å². The molecule has 102 valence electrons. The standard InChI is InChI=1S/C15H26N2O/c1-11-6-12(2)15(13(3)7-11)9-16-8-14(18)10-17(4)5/h6-7,14,16,18H,8-10H2,1-5H3. The van der Waals surface area contributed by atoms with E-state index in [4.69, 9.17) is 0 Å². The van der Waals surface area contributed by atoms with E-state index in [-0.39, 0.29) is 6.10 Å². The first-order chi connectivity index (χ1) is 8.40. The highest BCUT2D eigenvalue weighted by Crippen LogP contribution is 2.15. The molecule has 0 fully saturated rings. The van der Waals surface area contributed by atoms with Crippen molar-refractivity contribution in [2.24, 2.45) is 0 Å². The second-order valence-electron chi connectivity index (χ2n) is 5.42. The Bertz CT molecular complexity index is 365.